The highest BCUT2D eigenvalue weighted by Gasteiger charge is 2.12. The number of anilines is 2. The van der Waals surface area contributed by atoms with Crippen molar-refractivity contribution >= 4 is 27.6 Å². The van der Waals surface area contributed by atoms with Gasteiger partial charge < -0.3 is 0 Å². The molecule has 1 aromatic carbocycles. The highest BCUT2D eigenvalue weighted by molar-refractivity contribution is 7.92. The molecule has 144 valence electrons. The fourth-order valence-electron chi connectivity index (χ4n) is 2.26. The van der Waals surface area contributed by atoms with Crippen LogP contribution < -0.4 is 10.0 Å². The third-order valence-electron chi connectivity index (χ3n) is 3.67. The van der Waals surface area contributed by atoms with E-state index in [0.29, 0.717) is 28.6 Å². The zero-order valence-corrected chi connectivity index (χ0v) is 16.1. The van der Waals surface area contributed by atoms with E-state index in [1.54, 1.807) is 32.2 Å². The lowest BCUT2D eigenvalue weighted by atomic mass is 10.2. The van der Waals surface area contributed by atoms with Gasteiger partial charge in [0.25, 0.3) is 5.91 Å². The number of rotatable bonds is 6. The average molecular weight is 398 g/mol. The Morgan fingerprint density at radius 1 is 1.04 bits per heavy atom. The number of hydrogen-bond donors (Lipinski definition) is 2. The first-order chi connectivity index (χ1) is 13.4. The Kier molecular flexibility index (Phi) is 5.59. The number of sulfonamides is 1. The standard InChI is InChI=1S/C18H18N6O3S/c1-3-28(26,27)24-14-9-7-13(8-10-14)17(25)23-18-21-12(2)20-16(22-18)15-6-4-5-11-19-15/h4-11,24H,3H2,1-2H3,(H,20,21,22,23,25). The normalized spacial score (nSPS) is 11.1. The van der Waals surface area contributed by atoms with Crippen LogP contribution in [0, 0.1) is 6.92 Å². The van der Waals surface area contributed by atoms with Crippen LogP contribution in [0.4, 0.5) is 11.6 Å². The van der Waals surface area contributed by atoms with Gasteiger partial charge >= 0.3 is 0 Å². The van der Waals surface area contributed by atoms with Crippen LogP contribution in [0.25, 0.3) is 11.5 Å². The average Bonchev–Trinajstić information content (AvgIpc) is 2.68. The van der Waals surface area contributed by atoms with Crippen LogP contribution >= 0.6 is 0 Å². The summed E-state index contributed by atoms with van der Waals surface area (Å²) < 4.78 is 25.6. The molecule has 0 spiro atoms. The first-order valence-corrected chi connectivity index (χ1v) is 10.1. The molecule has 0 aliphatic heterocycles. The number of aryl methyl sites for hydroxylation is 1. The van der Waals surface area contributed by atoms with E-state index < -0.39 is 15.9 Å². The molecule has 0 fully saturated rings. The van der Waals surface area contributed by atoms with E-state index in [1.165, 1.54) is 24.3 Å². The molecule has 9 nitrogen and oxygen atoms in total. The third-order valence-corrected chi connectivity index (χ3v) is 4.97. The summed E-state index contributed by atoms with van der Waals surface area (Å²) in [5, 5.41) is 2.62. The fraction of sp³-hybridized carbons (Fsp3) is 0.167. The van der Waals surface area contributed by atoms with Gasteiger partial charge in [-0.3, -0.25) is 19.8 Å². The molecule has 0 radical (unpaired) electrons. The number of nitrogens with zero attached hydrogens (tertiary/aromatic N) is 4. The lowest BCUT2D eigenvalue weighted by Crippen LogP contribution is -2.16. The fourth-order valence-corrected chi connectivity index (χ4v) is 2.90. The Balaban J connectivity index is 1.77. The van der Waals surface area contributed by atoms with Gasteiger partial charge in [-0.05, 0) is 50.2 Å². The third kappa shape index (κ3) is 4.86. The molecule has 2 N–H and O–H groups in total. The van der Waals surface area contributed by atoms with Crippen molar-refractivity contribution < 1.29 is 13.2 Å². The summed E-state index contributed by atoms with van der Waals surface area (Å²) in [5.74, 6) is 0.437. The van der Waals surface area contributed by atoms with Gasteiger partial charge in [-0.2, -0.15) is 9.97 Å². The minimum absolute atomic E-state index is 0.0351. The zero-order valence-electron chi connectivity index (χ0n) is 15.2. The molecule has 2 aromatic heterocycles. The van der Waals surface area contributed by atoms with E-state index in [2.05, 4.69) is 30.0 Å². The molecular formula is C18H18N6O3S. The molecule has 3 rings (SSSR count). The van der Waals surface area contributed by atoms with Gasteiger partial charge in [-0.25, -0.2) is 13.4 Å². The van der Waals surface area contributed by atoms with Gasteiger partial charge in [0.15, 0.2) is 5.82 Å². The van der Waals surface area contributed by atoms with Gasteiger partial charge in [-0.15, -0.1) is 0 Å². The van der Waals surface area contributed by atoms with E-state index in [4.69, 9.17) is 0 Å². The zero-order chi connectivity index (χ0) is 20.1. The topological polar surface area (TPSA) is 127 Å². The first-order valence-electron chi connectivity index (χ1n) is 8.42. The maximum Gasteiger partial charge on any atom is 0.258 e. The largest absolute Gasteiger partial charge is 0.290 e. The maximum atomic E-state index is 12.5. The minimum Gasteiger partial charge on any atom is -0.290 e. The van der Waals surface area contributed by atoms with Crippen molar-refractivity contribution in [2.45, 2.75) is 13.8 Å². The van der Waals surface area contributed by atoms with Crippen molar-refractivity contribution in [2.75, 3.05) is 15.8 Å². The summed E-state index contributed by atoms with van der Waals surface area (Å²) in [6.07, 6.45) is 1.63. The molecule has 28 heavy (non-hydrogen) atoms. The molecule has 2 heterocycles. The van der Waals surface area contributed by atoms with Gasteiger partial charge in [0.05, 0.1) is 5.75 Å². The summed E-state index contributed by atoms with van der Waals surface area (Å²) >= 11 is 0. The van der Waals surface area contributed by atoms with Crippen LogP contribution in [0.2, 0.25) is 0 Å². The molecule has 0 bridgehead atoms. The van der Waals surface area contributed by atoms with Crippen LogP contribution in [0.3, 0.4) is 0 Å². The van der Waals surface area contributed by atoms with Crippen molar-refractivity contribution in [1.82, 2.24) is 19.9 Å². The molecule has 1 amide bonds. The lowest BCUT2D eigenvalue weighted by molar-refractivity contribution is 0.102. The Labute approximate surface area is 162 Å². The summed E-state index contributed by atoms with van der Waals surface area (Å²) in [5.41, 5.74) is 1.28. The highest BCUT2D eigenvalue weighted by Crippen LogP contribution is 2.15. The van der Waals surface area contributed by atoms with Crippen molar-refractivity contribution in [1.29, 1.82) is 0 Å². The van der Waals surface area contributed by atoms with Crippen molar-refractivity contribution in [3.63, 3.8) is 0 Å². The molecule has 0 aliphatic rings. The summed E-state index contributed by atoms with van der Waals surface area (Å²) in [6, 6.07) is 11.4. The second kappa shape index (κ2) is 8.09. The maximum absolute atomic E-state index is 12.5. The molecule has 0 saturated carbocycles. The number of aromatic nitrogens is 4. The molecule has 0 saturated heterocycles. The highest BCUT2D eigenvalue weighted by atomic mass is 32.2. The van der Waals surface area contributed by atoms with Crippen LogP contribution in [-0.2, 0) is 10.0 Å². The number of benzene rings is 1. The Morgan fingerprint density at radius 2 is 1.79 bits per heavy atom. The molecule has 0 atom stereocenters. The summed E-state index contributed by atoms with van der Waals surface area (Å²) in [6.45, 7) is 3.23. The van der Waals surface area contributed by atoms with Crippen LogP contribution in [-0.4, -0.2) is 40.0 Å². The van der Waals surface area contributed by atoms with Gasteiger partial charge in [0.1, 0.15) is 11.5 Å². The van der Waals surface area contributed by atoms with Crippen molar-refractivity contribution in [3.05, 3.63) is 60.0 Å². The minimum atomic E-state index is -3.37. The lowest BCUT2D eigenvalue weighted by Gasteiger charge is -2.08. The first kappa shape index (κ1) is 19.4. The molecule has 3 aromatic rings. The second-order valence-electron chi connectivity index (χ2n) is 5.78. The molecule has 10 heteroatoms. The van der Waals surface area contributed by atoms with Gasteiger partial charge in [0.2, 0.25) is 16.0 Å². The summed E-state index contributed by atoms with van der Waals surface area (Å²) in [4.78, 5) is 29.3. The predicted octanol–water partition coefficient (Wildman–Crippen LogP) is 2.26. The van der Waals surface area contributed by atoms with Crippen LogP contribution in [0.1, 0.15) is 23.1 Å². The van der Waals surface area contributed by atoms with Crippen molar-refractivity contribution in [2.24, 2.45) is 0 Å². The van der Waals surface area contributed by atoms with Crippen LogP contribution in [0.5, 0.6) is 0 Å². The van der Waals surface area contributed by atoms with Crippen molar-refractivity contribution in [3.8, 4) is 11.5 Å². The Hall–Kier alpha value is -3.40. The number of amides is 1. The van der Waals surface area contributed by atoms with E-state index in [1.807, 2.05) is 6.07 Å². The van der Waals surface area contributed by atoms with E-state index >= 15 is 0 Å². The van der Waals surface area contributed by atoms with E-state index in [-0.39, 0.29) is 11.7 Å². The monoisotopic (exact) mass is 398 g/mol. The Bertz CT molecular complexity index is 1090. The van der Waals surface area contributed by atoms with Gasteiger partial charge in [0, 0.05) is 17.4 Å². The quantitative estimate of drug-likeness (QED) is 0.652. The smallest absolute Gasteiger partial charge is 0.258 e. The Morgan fingerprint density at radius 3 is 2.43 bits per heavy atom. The van der Waals surface area contributed by atoms with Crippen LogP contribution in [0.15, 0.2) is 48.7 Å². The number of carbonyl (C=O) groups excluding carboxylic acids is 1. The van der Waals surface area contributed by atoms with E-state index in [9.17, 15) is 13.2 Å². The SMILES string of the molecule is CCS(=O)(=O)Nc1ccc(C(=O)Nc2nc(C)nc(-c3ccccn3)n2)cc1. The number of pyridine rings is 1. The summed E-state index contributed by atoms with van der Waals surface area (Å²) in [7, 11) is -3.37. The predicted molar refractivity (Wildman–Crippen MR) is 105 cm³/mol. The molecule has 0 unspecified atom stereocenters. The molecular weight excluding hydrogens is 380 g/mol. The number of hydrogen-bond acceptors (Lipinski definition) is 7. The van der Waals surface area contributed by atoms with Gasteiger partial charge in [-0.1, -0.05) is 6.07 Å². The molecule has 0 aliphatic carbocycles. The van der Waals surface area contributed by atoms with E-state index in [0.717, 1.165) is 0 Å². The number of nitrogens with one attached hydrogen (secondary N) is 2. The number of carbonyl (C=O) groups is 1. The second-order valence-corrected chi connectivity index (χ2v) is 7.79.